The van der Waals surface area contributed by atoms with Crippen LogP contribution >= 0.6 is 0 Å². The van der Waals surface area contributed by atoms with Gasteiger partial charge in [0.05, 0.1) is 5.52 Å². The first-order chi connectivity index (χ1) is 18.2. The Morgan fingerprint density at radius 2 is 1.71 bits per heavy atom. The van der Waals surface area contributed by atoms with Gasteiger partial charge in [-0.2, -0.15) is 0 Å². The highest BCUT2D eigenvalue weighted by Gasteiger charge is 2.28. The summed E-state index contributed by atoms with van der Waals surface area (Å²) in [6.45, 7) is 3.89. The molecule has 38 heavy (non-hydrogen) atoms. The van der Waals surface area contributed by atoms with Crippen molar-refractivity contribution in [3.63, 3.8) is 0 Å². The number of anilines is 1. The molecule has 1 fully saturated rings. The highest BCUT2D eigenvalue weighted by molar-refractivity contribution is 7.93. The van der Waals surface area contributed by atoms with Crippen LogP contribution in [0.5, 0.6) is 0 Å². The van der Waals surface area contributed by atoms with E-state index < -0.39 is 21.7 Å². The van der Waals surface area contributed by atoms with Crippen molar-refractivity contribution in [1.82, 2.24) is 14.8 Å². The van der Waals surface area contributed by atoms with E-state index in [2.05, 4.69) is 14.6 Å². The van der Waals surface area contributed by atoms with Crippen LogP contribution in [-0.2, 0) is 16.6 Å². The second-order valence-electron chi connectivity index (χ2n) is 9.37. The zero-order chi connectivity index (χ0) is 26.9. The van der Waals surface area contributed by atoms with Gasteiger partial charge in [0.25, 0.3) is 15.9 Å². The lowest BCUT2D eigenvalue weighted by Gasteiger charge is -2.40. The Hall–Kier alpha value is -3.89. The highest BCUT2D eigenvalue weighted by Crippen LogP contribution is 2.24. The number of rotatable bonds is 6. The molecule has 4 aromatic rings. The molecule has 2 heterocycles. The third-order valence-corrected chi connectivity index (χ3v) is 7.98. The number of hydrogen-bond donors (Lipinski definition) is 1. The molecule has 1 N–H and O–H groups in total. The van der Waals surface area contributed by atoms with Crippen molar-refractivity contribution in [1.29, 1.82) is 0 Å². The normalized spacial score (nSPS) is 16.5. The first-order valence-corrected chi connectivity index (χ1v) is 13.6. The van der Waals surface area contributed by atoms with Gasteiger partial charge in [0, 0.05) is 61.1 Å². The van der Waals surface area contributed by atoms with Gasteiger partial charge < -0.3 is 4.90 Å². The largest absolute Gasteiger partial charge is 0.333 e. The topological polar surface area (TPSA) is 82.6 Å². The van der Waals surface area contributed by atoms with E-state index in [4.69, 9.17) is 0 Å². The number of amides is 1. The molecular weight excluding hydrogens is 510 g/mol. The van der Waals surface area contributed by atoms with E-state index in [9.17, 15) is 22.0 Å². The van der Waals surface area contributed by atoms with E-state index in [1.54, 1.807) is 59.6 Å². The van der Waals surface area contributed by atoms with Crippen LogP contribution < -0.4 is 4.72 Å². The summed E-state index contributed by atoms with van der Waals surface area (Å²) in [5.41, 5.74) is 1.69. The quantitative estimate of drug-likeness (QED) is 0.388. The Balaban J connectivity index is 1.24. The standard InChI is InChI=1S/C28H26F2N4O3S/c1-19-17-33(18-20-14-23(29)16-24(30)15-20)12-13-34(19)28(35)22-7-9-25(10-8-22)32-38(36,37)26-6-2-4-21-5-3-11-31-27(21)26/h2-11,14-16,19,32H,12-13,17-18H2,1H3/t19-/m0/s1. The predicted molar refractivity (Wildman–Crippen MR) is 141 cm³/mol. The van der Waals surface area contributed by atoms with Crippen molar-refractivity contribution in [2.45, 2.75) is 24.4 Å². The number of piperazine rings is 1. The molecule has 7 nitrogen and oxygen atoms in total. The summed E-state index contributed by atoms with van der Waals surface area (Å²) in [4.78, 5) is 21.3. The summed E-state index contributed by atoms with van der Waals surface area (Å²) in [6.07, 6.45) is 1.55. The fourth-order valence-electron chi connectivity index (χ4n) is 4.79. The van der Waals surface area contributed by atoms with Crippen LogP contribution in [0.4, 0.5) is 14.5 Å². The van der Waals surface area contributed by atoms with Crippen LogP contribution in [0, 0.1) is 11.6 Å². The average molecular weight is 537 g/mol. The molecule has 0 aliphatic carbocycles. The summed E-state index contributed by atoms with van der Waals surface area (Å²) in [7, 11) is -3.90. The van der Waals surface area contributed by atoms with Gasteiger partial charge in [-0.25, -0.2) is 17.2 Å². The Morgan fingerprint density at radius 3 is 2.42 bits per heavy atom. The second kappa shape index (κ2) is 10.5. The van der Waals surface area contributed by atoms with Crippen LogP contribution in [-0.4, -0.2) is 54.8 Å². The molecule has 1 aromatic heterocycles. The van der Waals surface area contributed by atoms with Crippen LogP contribution in [0.1, 0.15) is 22.8 Å². The lowest BCUT2D eigenvalue weighted by Crippen LogP contribution is -2.53. The summed E-state index contributed by atoms with van der Waals surface area (Å²) >= 11 is 0. The molecule has 1 aliphatic heterocycles. The summed E-state index contributed by atoms with van der Waals surface area (Å²) in [5.74, 6) is -1.38. The number of halogens is 2. The van der Waals surface area contributed by atoms with Gasteiger partial charge in [-0.15, -0.1) is 0 Å². The third kappa shape index (κ3) is 5.51. The number of nitrogens with one attached hydrogen (secondary N) is 1. The summed E-state index contributed by atoms with van der Waals surface area (Å²) in [5, 5.41) is 0.716. The third-order valence-electron chi connectivity index (χ3n) is 6.57. The number of pyridine rings is 1. The van der Waals surface area contributed by atoms with Gasteiger partial charge in [0.1, 0.15) is 16.5 Å². The maximum atomic E-state index is 13.5. The molecule has 0 spiro atoms. The minimum absolute atomic E-state index is 0.0726. The van der Waals surface area contributed by atoms with Crippen LogP contribution in [0.15, 0.2) is 83.9 Å². The molecule has 0 radical (unpaired) electrons. The first kappa shape index (κ1) is 25.7. The Morgan fingerprint density at radius 1 is 1.00 bits per heavy atom. The van der Waals surface area contributed by atoms with Crippen molar-refractivity contribution >= 4 is 32.5 Å². The van der Waals surface area contributed by atoms with Gasteiger partial charge in [-0.3, -0.25) is 19.4 Å². The number of para-hydroxylation sites is 1. The maximum absolute atomic E-state index is 13.5. The molecule has 1 saturated heterocycles. The fraction of sp³-hybridized carbons (Fsp3) is 0.214. The molecular formula is C28H26F2N4O3S. The van der Waals surface area contributed by atoms with Crippen molar-refractivity contribution < 1.29 is 22.0 Å². The summed E-state index contributed by atoms with van der Waals surface area (Å²) in [6, 6.07) is 18.2. The summed E-state index contributed by atoms with van der Waals surface area (Å²) < 4.78 is 55.7. The number of nitrogens with zero attached hydrogens (tertiary/aromatic N) is 3. The molecule has 0 unspecified atom stereocenters. The van der Waals surface area contributed by atoms with Crippen molar-refractivity contribution in [3.8, 4) is 0 Å². The predicted octanol–water partition coefficient (Wildman–Crippen LogP) is 4.66. The maximum Gasteiger partial charge on any atom is 0.264 e. The molecule has 1 aliphatic rings. The molecule has 1 amide bonds. The lowest BCUT2D eigenvalue weighted by atomic mass is 10.1. The zero-order valence-corrected chi connectivity index (χ0v) is 21.5. The van der Waals surface area contributed by atoms with Crippen molar-refractivity contribution in [2.24, 2.45) is 0 Å². The van der Waals surface area contributed by atoms with Gasteiger partial charge >= 0.3 is 0 Å². The number of hydrogen-bond acceptors (Lipinski definition) is 5. The monoisotopic (exact) mass is 536 g/mol. The van der Waals surface area contributed by atoms with Gasteiger partial charge in [0.15, 0.2) is 0 Å². The van der Waals surface area contributed by atoms with E-state index in [1.807, 2.05) is 6.92 Å². The van der Waals surface area contributed by atoms with Crippen molar-refractivity contribution in [3.05, 3.63) is 102 Å². The number of carbonyl (C=O) groups is 1. The Bertz CT molecular complexity index is 1570. The van der Waals surface area contributed by atoms with Crippen LogP contribution in [0.3, 0.4) is 0 Å². The number of aromatic nitrogens is 1. The van der Waals surface area contributed by atoms with E-state index in [1.165, 1.54) is 18.2 Å². The molecule has 1 atom stereocenters. The Kier molecular flexibility index (Phi) is 7.09. The first-order valence-electron chi connectivity index (χ1n) is 12.1. The highest BCUT2D eigenvalue weighted by atomic mass is 32.2. The number of benzene rings is 3. The molecule has 0 saturated carbocycles. The van der Waals surface area contributed by atoms with Crippen LogP contribution in [0.25, 0.3) is 10.9 Å². The van der Waals surface area contributed by atoms with Crippen LogP contribution in [0.2, 0.25) is 0 Å². The molecule has 0 bridgehead atoms. The second-order valence-corrected chi connectivity index (χ2v) is 11.0. The molecule has 3 aromatic carbocycles. The minimum Gasteiger partial charge on any atom is -0.333 e. The van der Waals surface area contributed by atoms with Gasteiger partial charge in [-0.1, -0.05) is 18.2 Å². The zero-order valence-electron chi connectivity index (χ0n) is 20.6. The van der Waals surface area contributed by atoms with E-state index in [0.717, 1.165) is 6.07 Å². The van der Waals surface area contributed by atoms with Crippen molar-refractivity contribution in [2.75, 3.05) is 24.4 Å². The number of fused-ring (bicyclic) bond motifs is 1. The van der Waals surface area contributed by atoms with Gasteiger partial charge in [0.2, 0.25) is 0 Å². The average Bonchev–Trinajstić information content (AvgIpc) is 2.88. The van der Waals surface area contributed by atoms with E-state index in [-0.39, 0.29) is 16.8 Å². The number of sulfonamides is 1. The Labute approximate surface area is 219 Å². The fourth-order valence-corrected chi connectivity index (χ4v) is 6.03. The SMILES string of the molecule is C[C@H]1CN(Cc2cc(F)cc(F)c2)CCN1C(=O)c1ccc(NS(=O)(=O)c2cccc3cccnc23)cc1. The minimum atomic E-state index is -3.90. The van der Waals surface area contributed by atoms with E-state index in [0.29, 0.717) is 53.9 Å². The smallest absolute Gasteiger partial charge is 0.264 e. The molecule has 196 valence electrons. The number of carbonyl (C=O) groups excluding carboxylic acids is 1. The molecule has 10 heteroatoms. The van der Waals surface area contributed by atoms with Gasteiger partial charge in [-0.05, 0) is 61.0 Å². The molecule has 5 rings (SSSR count). The lowest BCUT2D eigenvalue weighted by molar-refractivity contribution is 0.0475. The van der Waals surface area contributed by atoms with E-state index >= 15 is 0 Å².